The number of benzene rings is 1. The van der Waals surface area contributed by atoms with Crippen molar-refractivity contribution < 1.29 is 0 Å². The Hall–Kier alpha value is -2.08. The van der Waals surface area contributed by atoms with E-state index < -0.39 is 0 Å². The summed E-state index contributed by atoms with van der Waals surface area (Å²) in [5, 5.41) is 8.92. The molecule has 74 valence electrons. The van der Waals surface area contributed by atoms with Crippen molar-refractivity contribution >= 4 is 0 Å². The lowest BCUT2D eigenvalue weighted by atomic mass is 10.1. The standard InChI is InChI=1S/C12H11N3/c1-9-8-14-12(15-9)6-10-4-2-3-5-11(10)7-13/h2-5,8H,6H2,1H3,(H,14,15). The zero-order valence-electron chi connectivity index (χ0n) is 8.49. The molecule has 0 unspecified atom stereocenters. The Kier molecular flexibility index (Phi) is 2.51. The van der Waals surface area contributed by atoms with Gasteiger partial charge < -0.3 is 4.98 Å². The molecular weight excluding hydrogens is 186 g/mol. The van der Waals surface area contributed by atoms with Crippen LogP contribution in [0.15, 0.2) is 30.5 Å². The summed E-state index contributed by atoms with van der Waals surface area (Å²) in [7, 11) is 0. The molecule has 0 spiro atoms. The van der Waals surface area contributed by atoms with E-state index in [4.69, 9.17) is 5.26 Å². The van der Waals surface area contributed by atoms with Crippen molar-refractivity contribution in [3.63, 3.8) is 0 Å². The number of aromatic amines is 1. The molecule has 0 atom stereocenters. The summed E-state index contributed by atoms with van der Waals surface area (Å²) < 4.78 is 0. The van der Waals surface area contributed by atoms with E-state index >= 15 is 0 Å². The van der Waals surface area contributed by atoms with Gasteiger partial charge in [-0.05, 0) is 18.6 Å². The Balaban J connectivity index is 2.28. The maximum absolute atomic E-state index is 8.92. The lowest BCUT2D eigenvalue weighted by Gasteiger charge is -2.00. The van der Waals surface area contributed by atoms with E-state index in [0.717, 1.165) is 17.1 Å². The Morgan fingerprint density at radius 2 is 2.20 bits per heavy atom. The fourth-order valence-electron chi connectivity index (χ4n) is 1.52. The maximum atomic E-state index is 8.92. The molecule has 0 amide bonds. The van der Waals surface area contributed by atoms with E-state index in [-0.39, 0.29) is 0 Å². The van der Waals surface area contributed by atoms with Gasteiger partial charge in [-0.1, -0.05) is 18.2 Å². The molecule has 0 bridgehead atoms. The topological polar surface area (TPSA) is 52.5 Å². The first-order valence-corrected chi connectivity index (χ1v) is 4.78. The smallest absolute Gasteiger partial charge is 0.110 e. The van der Waals surface area contributed by atoms with Gasteiger partial charge in [-0.15, -0.1) is 0 Å². The molecule has 0 aliphatic rings. The second-order valence-corrected chi connectivity index (χ2v) is 3.46. The van der Waals surface area contributed by atoms with Crippen LogP contribution in [0.25, 0.3) is 0 Å². The third-order valence-corrected chi connectivity index (χ3v) is 2.25. The molecule has 0 radical (unpaired) electrons. The van der Waals surface area contributed by atoms with Crippen LogP contribution in [0, 0.1) is 18.3 Å². The molecule has 2 rings (SSSR count). The summed E-state index contributed by atoms with van der Waals surface area (Å²) in [5.74, 6) is 0.898. The van der Waals surface area contributed by atoms with Crippen molar-refractivity contribution in [3.05, 3.63) is 53.1 Å². The molecule has 0 saturated carbocycles. The third-order valence-electron chi connectivity index (χ3n) is 2.25. The van der Waals surface area contributed by atoms with Crippen LogP contribution in [0.1, 0.15) is 22.6 Å². The first-order chi connectivity index (χ1) is 7.29. The van der Waals surface area contributed by atoms with Crippen LogP contribution < -0.4 is 0 Å². The summed E-state index contributed by atoms with van der Waals surface area (Å²) >= 11 is 0. The van der Waals surface area contributed by atoms with Crippen molar-refractivity contribution in [2.45, 2.75) is 13.3 Å². The number of hydrogen-bond acceptors (Lipinski definition) is 2. The fourth-order valence-corrected chi connectivity index (χ4v) is 1.52. The minimum atomic E-state index is 0.678. The Morgan fingerprint density at radius 3 is 2.87 bits per heavy atom. The summed E-state index contributed by atoms with van der Waals surface area (Å²) in [4.78, 5) is 7.38. The van der Waals surface area contributed by atoms with Gasteiger partial charge in [0.25, 0.3) is 0 Å². The van der Waals surface area contributed by atoms with Crippen molar-refractivity contribution in [3.8, 4) is 6.07 Å². The predicted molar refractivity (Wildman–Crippen MR) is 57.3 cm³/mol. The summed E-state index contributed by atoms with van der Waals surface area (Å²) in [6.07, 6.45) is 2.47. The first-order valence-electron chi connectivity index (χ1n) is 4.78. The van der Waals surface area contributed by atoms with Gasteiger partial charge in [-0.25, -0.2) is 4.98 Å². The number of aromatic nitrogens is 2. The van der Waals surface area contributed by atoms with Crippen molar-refractivity contribution in [2.24, 2.45) is 0 Å². The Labute approximate surface area is 88.4 Å². The van der Waals surface area contributed by atoms with Crippen LogP contribution in [0.3, 0.4) is 0 Å². The lowest BCUT2D eigenvalue weighted by Crippen LogP contribution is -1.94. The number of nitrogens with zero attached hydrogens (tertiary/aromatic N) is 2. The fraction of sp³-hybridized carbons (Fsp3) is 0.167. The zero-order chi connectivity index (χ0) is 10.7. The second-order valence-electron chi connectivity index (χ2n) is 3.46. The van der Waals surface area contributed by atoms with E-state index in [1.165, 1.54) is 0 Å². The third kappa shape index (κ3) is 2.05. The van der Waals surface area contributed by atoms with Gasteiger partial charge in [0.15, 0.2) is 0 Å². The highest BCUT2D eigenvalue weighted by Crippen LogP contribution is 2.11. The molecule has 15 heavy (non-hydrogen) atoms. The number of H-pyrrole nitrogens is 1. The van der Waals surface area contributed by atoms with Crippen molar-refractivity contribution in [1.82, 2.24) is 9.97 Å². The molecule has 3 heteroatoms. The van der Waals surface area contributed by atoms with Gasteiger partial charge in [0.1, 0.15) is 5.82 Å². The minimum absolute atomic E-state index is 0.678. The summed E-state index contributed by atoms with van der Waals surface area (Å²) in [6.45, 7) is 1.96. The molecule has 1 heterocycles. The Morgan fingerprint density at radius 1 is 1.40 bits per heavy atom. The Bertz CT molecular complexity index is 506. The SMILES string of the molecule is Cc1cnc(Cc2ccccc2C#N)[nH]1. The first kappa shape index (κ1) is 9.47. The van der Waals surface area contributed by atoms with Gasteiger partial charge in [0, 0.05) is 18.3 Å². The van der Waals surface area contributed by atoms with E-state index in [1.807, 2.05) is 31.2 Å². The van der Waals surface area contributed by atoms with Crippen LogP contribution in [0.4, 0.5) is 0 Å². The van der Waals surface area contributed by atoms with Gasteiger partial charge in [0.2, 0.25) is 0 Å². The highest BCUT2D eigenvalue weighted by atomic mass is 14.9. The van der Waals surface area contributed by atoms with Crippen molar-refractivity contribution in [1.29, 1.82) is 5.26 Å². The molecule has 0 fully saturated rings. The number of rotatable bonds is 2. The molecule has 0 saturated heterocycles. The summed E-state index contributed by atoms with van der Waals surface area (Å²) in [5.41, 5.74) is 2.76. The molecule has 1 N–H and O–H groups in total. The number of hydrogen-bond donors (Lipinski definition) is 1. The van der Waals surface area contributed by atoms with Gasteiger partial charge >= 0.3 is 0 Å². The van der Waals surface area contributed by atoms with Crippen LogP contribution >= 0.6 is 0 Å². The van der Waals surface area contributed by atoms with Crippen LogP contribution in [-0.2, 0) is 6.42 Å². The second kappa shape index (κ2) is 3.97. The highest BCUT2D eigenvalue weighted by molar-refractivity contribution is 5.38. The van der Waals surface area contributed by atoms with Gasteiger partial charge in [0.05, 0.1) is 11.6 Å². The molecule has 0 aliphatic carbocycles. The number of nitriles is 1. The van der Waals surface area contributed by atoms with E-state index in [2.05, 4.69) is 16.0 Å². The van der Waals surface area contributed by atoms with Crippen LogP contribution in [0.2, 0.25) is 0 Å². The number of imidazole rings is 1. The quantitative estimate of drug-likeness (QED) is 0.802. The summed E-state index contributed by atoms with van der Waals surface area (Å²) in [6, 6.07) is 9.77. The van der Waals surface area contributed by atoms with E-state index in [0.29, 0.717) is 12.0 Å². The number of nitrogens with one attached hydrogen (secondary N) is 1. The molecule has 1 aromatic heterocycles. The average molecular weight is 197 g/mol. The zero-order valence-corrected chi connectivity index (χ0v) is 8.49. The molecular formula is C12H11N3. The molecule has 3 nitrogen and oxygen atoms in total. The lowest BCUT2D eigenvalue weighted by molar-refractivity contribution is 1.01. The molecule has 0 aliphatic heterocycles. The van der Waals surface area contributed by atoms with E-state index in [1.54, 1.807) is 6.20 Å². The van der Waals surface area contributed by atoms with Crippen LogP contribution in [-0.4, -0.2) is 9.97 Å². The van der Waals surface area contributed by atoms with Gasteiger partial charge in [-0.3, -0.25) is 0 Å². The van der Waals surface area contributed by atoms with E-state index in [9.17, 15) is 0 Å². The van der Waals surface area contributed by atoms with Crippen LogP contribution in [0.5, 0.6) is 0 Å². The van der Waals surface area contributed by atoms with Gasteiger partial charge in [-0.2, -0.15) is 5.26 Å². The van der Waals surface area contributed by atoms with Crippen molar-refractivity contribution in [2.75, 3.05) is 0 Å². The number of aryl methyl sites for hydroxylation is 1. The molecule has 1 aromatic carbocycles. The monoisotopic (exact) mass is 197 g/mol. The normalized spacial score (nSPS) is 9.87. The highest BCUT2D eigenvalue weighted by Gasteiger charge is 2.04. The average Bonchev–Trinajstić information content (AvgIpc) is 2.65. The largest absolute Gasteiger partial charge is 0.346 e. The molecule has 2 aromatic rings. The maximum Gasteiger partial charge on any atom is 0.110 e. The minimum Gasteiger partial charge on any atom is -0.346 e. The predicted octanol–water partition coefficient (Wildman–Crippen LogP) is 2.18.